The van der Waals surface area contributed by atoms with Crippen LogP contribution in [0.3, 0.4) is 0 Å². The van der Waals surface area contributed by atoms with E-state index in [4.69, 9.17) is 15.2 Å². The number of fused-ring (bicyclic) bond motifs is 1. The molecule has 1 aromatic carbocycles. The quantitative estimate of drug-likeness (QED) is 0.904. The molecule has 2 unspecified atom stereocenters. The molecule has 0 radical (unpaired) electrons. The van der Waals surface area contributed by atoms with Crippen LogP contribution < -0.4 is 15.2 Å². The van der Waals surface area contributed by atoms with Crippen LogP contribution in [-0.2, 0) is 6.42 Å². The lowest BCUT2D eigenvalue weighted by Crippen LogP contribution is -2.21. The minimum absolute atomic E-state index is 0.345. The molecule has 4 nitrogen and oxygen atoms in total. The van der Waals surface area contributed by atoms with Gasteiger partial charge in [-0.1, -0.05) is 13.0 Å². The number of ether oxygens (including phenoxy) is 2. The van der Waals surface area contributed by atoms with Crippen molar-refractivity contribution in [3.63, 3.8) is 0 Å². The zero-order chi connectivity index (χ0) is 13.4. The molecule has 2 N–H and O–H groups in total. The molecular weight excluding hydrogens is 240 g/mol. The average molecular weight is 262 g/mol. The lowest BCUT2D eigenvalue weighted by molar-refractivity contribution is 0.173. The van der Waals surface area contributed by atoms with Crippen LogP contribution in [0, 0.1) is 5.92 Å². The van der Waals surface area contributed by atoms with Crippen LogP contribution in [-0.4, -0.2) is 31.8 Å². The average Bonchev–Trinajstić information content (AvgIpc) is 3.03. The monoisotopic (exact) mass is 262 g/mol. The molecule has 1 fully saturated rings. The molecule has 0 aromatic heterocycles. The number of likely N-dealkylation sites (tertiary alicyclic amines) is 1. The van der Waals surface area contributed by atoms with Crippen molar-refractivity contribution in [2.45, 2.75) is 25.8 Å². The standard InChI is InChI=1S/C15H22N2O2/c1-3-11-12(4-5-14-15(11)19-9-18-14)13-6-10(7-16)8-17(13)2/h4-5,10,13H,3,6-9,16H2,1-2H3. The minimum atomic E-state index is 0.345. The van der Waals surface area contributed by atoms with Crippen molar-refractivity contribution in [2.75, 3.05) is 26.9 Å². The normalized spacial score (nSPS) is 26.1. The molecule has 1 saturated heterocycles. The van der Waals surface area contributed by atoms with E-state index in [0.29, 0.717) is 18.8 Å². The fourth-order valence-corrected chi connectivity index (χ4v) is 3.36. The topological polar surface area (TPSA) is 47.7 Å². The van der Waals surface area contributed by atoms with Crippen molar-refractivity contribution in [1.29, 1.82) is 0 Å². The first-order valence-electron chi connectivity index (χ1n) is 7.06. The summed E-state index contributed by atoms with van der Waals surface area (Å²) in [7, 11) is 2.18. The molecule has 3 rings (SSSR count). The van der Waals surface area contributed by atoms with Crippen molar-refractivity contribution >= 4 is 0 Å². The number of nitrogens with zero attached hydrogens (tertiary/aromatic N) is 1. The van der Waals surface area contributed by atoms with Gasteiger partial charge in [-0.15, -0.1) is 0 Å². The summed E-state index contributed by atoms with van der Waals surface area (Å²) in [6.07, 6.45) is 2.11. The van der Waals surface area contributed by atoms with Crippen molar-refractivity contribution in [3.05, 3.63) is 23.3 Å². The highest BCUT2D eigenvalue weighted by molar-refractivity contribution is 5.53. The van der Waals surface area contributed by atoms with Crippen LogP contribution in [0.2, 0.25) is 0 Å². The van der Waals surface area contributed by atoms with Crippen molar-refractivity contribution in [2.24, 2.45) is 11.7 Å². The van der Waals surface area contributed by atoms with Crippen LogP contribution in [0.1, 0.15) is 30.5 Å². The lowest BCUT2D eigenvalue weighted by Gasteiger charge is -2.23. The van der Waals surface area contributed by atoms with Crippen LogP contribution in [0.4, 0.5) is 0 Å². The second-order valence-electron chi connectivity index (χ2n) is 5.51. The summed E-state index contributed by atoms with van der Waals surface area (Å²) in [6.45, 7) is 4.37. The molecule has 0 bridgehead atoms. The van der Waals surface area contributed by atoms with Crippen molar-refractivity contribution in [1.82, 2.24) is 4.90 Å². The zero-order valence-electron chi connectivity index (χ0n) is 11.7. The number of hydrogen-bond acceptors (Lipinski definition) is 4. The summed E-state index contributed by atoms with van der Waals surface area (Å²) in [5.41, 5.74) is 8.50. The molecule has 2 aliphatic rings. The van der Waals surface area contributed by atoms with Gasteiger partial charge in [0.15, 0.2) is 11.5 Å². The Bertz CT molecular complexity index is 475. The third kappa shape index (κ3) is 2.09. The Hall–Kier alpha value is -1.26. The van der Waals surface area contributed by atoms with Gasteiger partial charge in [0.2, 0.25) is 6.79 Å². The summed E-state index contributed by atoms with van der Waals surface area (Å²) in [5, 5.41) is 0. The van der Waals surface area contributed by atoms with E-state index < -0.39 is 0 Å². The fraction of sp³-hybridized carbons (Fsp3) is 0.600. The van der Waals surface area contributed by atoms with E-state index in [1.807, 2.05) is 6.07 Å². The summed E-state index contributed by atoms with van der Waals surface area (Å²) >= 11 is 0. The highest BCUT2D eigenvalue weighted by Crippen LogP contribution is 2.43. The first-order chi connectivity index (χ1) is 9.24. The van der Waals surface area contributed by atoms with Gasteiger partial charge < -0.3 is 15.2 Å². The third-order valence-electron chi connectivity index (χ3n) is 4.36. The maximum absolute atomic E-state index is 5.83. The molecule has 0 spiro atoms. The zero-order valence-corrected chi connectivity index (χ0v) is 11.7. The first kappa shape index (κ1) is 12.8. The Morgan fingerprint density at radius 1 is 1.37 bits per heavy atom. The molecule has 0 amide bonds. The highest BCUT2D eigenvalue weighted by atomic mass is 16.7. The SMILES string of the molecule is CCc1c(C2CC(CN)CN2C)ccc2c1OCO2. The second-order valence-corrected chi connectivity index (χ2v) is 5.51. The number of benzene rings is 1. The molecule has 4 heteroatoms. The first-order valence-corrected chi connectivity index (χ1v) is 7.06. The Morgan fingerprint density at radius 2 is 2.21 bits per heavy atom. The van der Waals surface area contributed by atoms with Gasteiger partial charge in [-0.2, -0.15) is 0 Å². The maximum atomic E-state index is 5.83. The van der Waals surface area contributed by atoms with Crippen molar-refractivity contribution in [3.8, 4) is 11.5 Å². The molecule has 2 aliphatic heterocycles. The van der Waals surface area contributed by atoms with Gasteiger partial charge >= 0.3 is 0 Å². The van der Waals surface area contributed by atoms with E-state index in [1.165, 1.54) is 11.1 Å². The number of rotatable bonds is 3. The van der Waals surface area contributed by atoms with Gasteiger partial charge in [-0.25, -0.2) is 0 Å². The predicted octanol–water partition coefficient (Wildman–Crippen LogP) is 1.93. The van der Waals surface area contributed by atoms with E-state index in [-0.39, 0.29) is 0 Å². The predicted molar refractivity (Wildman–Crippen MR) is 74.5 cm³/mol. The Kier molecular flexibility index (Phi) is 3.37. The van der Waals surface area contributed by atoms with Gasteiger partial charge in [0.25, 0.3) is 0 Å². The van der Waals surface area contributed by atoms with Gasteiger partial charge in [-0.05, 0) is 44.0 Å². The molecule has 19 heavy (non-hydrogen) atoms. The van der Waals surface area contributed by atoms with Crippen LogP contribution in [0.5, 0.6) is 11.5 Å². The third-order valence-corrected chi connectivity index (χ3v) is 4.36. The van der Waals surface area contributed by atoms with Gasteiger partial charge in [-0.3, -0.25) is 4.90 Å². The van der Waals surface area contributed by atoms with E-state index >= 15 is 0 Å². The van der Waals surface area contributed by atoms with E-state index in [2.05, 4.69) is 24.9 Å². The maximum Gasteiger partial charge on any atom is 0.231 e. The van der Waals surface area contributed by atoms with Gasteiger partial charge in [0.1, 0.15) is 0 Å². The Labute approximate surface area is 114 Å². The number of nitrogens with two attached hydrogens (primary N) is 1. The molecule has 2 heterocycles. The second kappa shape index (κ2) is 5.02. The summed E-state index contributed by atoms with van der Waals surface area (Å²) in [5.74, 6) is 2.44. The van der Waals surface area contributed by atoms with E-state index in [0.717, 1.165) is 37.4 Å². The van der Waals surface area contributed by atoms with E-state index in [9.17, 15) is 0 Å². The van der Waals surface area contributed by atoms with Crippen LogP contribution in [0.15, 0.2) is 12.1 Å². The smallest absolute Gasteiger partial charge is 0.231 e. The van der Waals surface area contributed by atoms with E-state index in [1.54, 1.807) is 0 Å². The minimum Gasteiger partial charge on any atom is -0.454 e. The highest BCUT2D eigenvalue weighted by Gasteiger charge is 2.32. The molecule has 0 saturated carbocycles. The molecule has 0 aliphatic carbocycles. The van der Waals surface area contributed by atoms with Gasteiger partial charge in [0.05, 0.1) is 0 Å². The lowest BCUT2D eigenvalue weighted by atomic mass is 9.93. The number of hydrogen-bond donors (Lipinski definition) is 1. The molecule has 1 aromatic rings. The van der Waals surface area contributed by atoms with Crippen molar-refractivity contribution < 1.29 is 9.47 Å². The Morgan fingerprint density at radius 3 is 2.89 bits per heavy atom. The Balaban J connectivity index is 1.97. The van der Waals surface area contributed by atoms with Crippen LogP contribution >= 0.6 is 0 Å². The molecular formula is C15H22N2O2. The largest absolute Gasteiger partial charge is 0.454 e. The summed E-state index contributed by atoms with van der Waals surface area (Å²) in [4.78, 5) is 2.41. The summed E-state index contributed by atoms with van der Waals surface area (Å²) in [6, 6.07) is 4.70. The molecule has 2 atom stereocenters. The molecule has 104 valence electrons. The summed E-state index contributed by atoms with van der Waals surface area (Å²) < 4.78 is 11.1. The fourth-order valence-electron chi connectivity index (χ4n) is 3.36. The van der Waals surface area contributed by atoms with Gasteiger partial charge in [0, 0.05) is 18.2 Å². The van der Waals surface area contributed by atoms with Crippen LogP contribution in [0.25, 0.3) is 0 Å².